The molecular formula is C22H21Cl2F2NO. The predicted molar refractivity (Wildman–Crippen MR) is 107 cm³/mol. The minimum absolute atomic E-state index is 0.0422. The third kappa shape index (κ3) is 3.96. The average molecular weight is 424 g/mol. The van der Waals surface area contributed by atoms with Crippen LogP contribution in [0.2, 0.25) is 10.0 Å². The molecule has 4 rings (SSSR count). The number of hydrogen-bond donors (Lipinski definition) is 0. The lowest BCUT2D eigenvalue weighted by atomic mass is 9.82. The zero-order chi connectivity index (χ0) is 19.9. The maximum atomic E-state index is 15.5. The zero-order valence-corrected chi connectivity index (χ0v) is 16.9. The quantitative estimate of drug-likeness (QED) is 0.611. The number of benzene rings is 2. The van der Waals surface area contributed by atoms with Gasteiger partial charge in [0.15, 0.2) is 5.78 Å². The van der Waals surface area contributed by atoms with E-state index < -0.39 is 5.67 Å². The van der Waals surface area contributed by atoms with E-state index >= 15 is 4.39 Å². The first-order valence-electron chi connectivity index (χ1n) is 9.51. The van der Waals surface area contributed by atoms with Crippen molar-refractivity contribution in [3.63, 3.8) is 0 Å². The first kappa shape index (κ1) is 19.8. The van der Waals surface area contributed by atoms with E-state index in [0.29, 0.717) is 60.1 Å². The summed E-state index contributed by atoms with van der Waals surface area (Å²) in [5, 5.41) is 0.774. The highest BCUT2D eigenvalue weighted by molar-refractivity contribution is 6.42. The van der Waals surface area contributed by atoms with Crippen LogP contribution in [0, 0.1) is 11.7 Å². The Bertz CT molecular complexity index is 909. The van der Waals surface area contributed by atoms with E-state index in [-0.39, 0.29) is 23.9 Å². The Morgan fingerprint density at radius 3 is 2.50 bits per heavy atom. The Labute approximate surface area is 173 Å². The second-order valence-electron chi connectivity index (χ2n) is 7.91. The topological polar surface area (TPSA) is 20.3 Å². The van der Waals surface area contributed by atoms with Crippen molar-refractivity contribution >= 4 is 29.0 Å². The van der Waals surface area contributed by atoms with Crippen LogP contribution in [0.5, 0.6) is 0 Å². The number of halogens is 4. The standard InChI is InChI=1S/C22H21Cl2F2NO/c23-18-10-15-9-16(21(28)17(15)11-19(18)24)12-22(26)5-7-27(8-6-22)13-14-3-1-2-4-20(14)25/h1-4,10-11,16H,5-9,12-13H2. The third-order valence-electron chi connectivity index (χ3n) is 5.96. The molecule has 1 unspecified atom stereocenters. The van der Waals surface area contributed by atoms with Gasteiger partial charge in [0.1, 0.15) is 11.5 Å². The van der Waals surface area contributed by atoms with E-state index in [9.17, 15) is 9.18 Å². The molecule has 1 aliphatic carbocycles. The maximum absolute atomic E-state index is 15.5. The van der Waals surface area contributed by atoms with E-state index in [0.717, 1.165) is 5.56 Å². The van der Waals surface area contributed by atoms with Crippen LogP contribution in [0.15, 0.2) is 36.4 Å². The van der Waals surface area contributed by atoms with Crippen LogP contribution in [0.25, 0.3) is 0 Å². The van der Waals surface area contributed by atoms with Crippen molar-refractivity contribution in [2.45, 2.75) is 37.9 Å². The highest BCUT2D eigenvalue weighted by atomic mass is 35.5. The molecule has 0 bridgehead atoms. The lowest BCUT2D eigenvalue weighted by Gasteiger charge is -2.37. The van der Waals surface area contributed by atoms with Gasteiger partial charge in [0.05, 0.1) is 10.0 Å². The van der Waals surface area contributed by atoms with Gasteiger partial charge in [-0.25, -0.2) is 8.78 Å². The van der Waals surface area contributed by atoms with Crippen LogP contribution in [-0.4, -0.2) is 29.4 Å². The van der Waals surface area contributed by atoms with Crippen molar-refractivity contribution in [1.29, 1.82) is 0 Å². The SMILES string of the molecule is O=C1c2cc(Cl)c(Cl)cc2CC1CC1(F)CCN(Cc2ccccc2F)CC1. The van der Waals surface area contributed by atoms with Crippen molar-refractivity contribution in [2.24, 2.45) is 5.92 Å². The van der Waals surface area contributed by atoms with Crippen LogP contribution in [0.3, 0.4) is 0 Å². The minimum atomic E-state index is -1.37. The summed E-state index contributed by atoms with van der Waals surface area (Å²) in [4.78, 5) is 14.8. The molecule has 28 heavy (non-hydrogen) atoms. The number of fused-ring (bicyclic) bond motifs is 1. The number of carbonyl (C=O) groups is 1. The van der Waals surface area contributed by atoms with Gasteiger partial charge in [-0.2, -0.15) is 0 Å². The molecule has 0 aromatic heterocycles. The van der Waals surface area contributed by atoms with Crippen molar-refractivity contribution in [1.82, 2.24) is 4.90 Å². The number of carbonyl (C=O) groups excluding carboxylic acids is 1. The normalized spacial score (nSPS) is 21.7. The van der Waals surface area contributed by atoms with Gasteiger partial charge in [-0.1, -0.05) is 41.4 Å². The fourth-order valence-electron chi connectivity index (χ4n) is 4.35. The Kier molecular flexibility index (Phi) is 5.47. The lowest BCUT2D eigenvalue weighted by molar-refractivity contribution is 0.0333. The summed E-state index contributed by atoms with van der Waals surface area (Å²) in [6, 6.07) is 10.0. The fraction of sp³-hybridized carbons (Fsp3) is 0.409. The molecule has 2 aromatic rings. The van der Waals surface area contributed by atoms with Crippen molar-refractivity contribution < 1.29 is 13.6 Å². The first-order valence-corrected chi connectivity index (χ1v) is 10.3. The number of nitrogens with zero attached hydrogens (tertiary/aromatic N) is 1. The zero-order valence-electron chi connectivity index (χ0n) is 15.4. The van der Waals surface area contributed by atoms with Gasteiger partial charge in [-0.15, -0.1) is 0 Å². The van der Waals surface area contributed by atoms with Gasteiger partial charge < -0.3 is 0 Å². The minimum Gasteiger partial charge on any atom is -0.299 e. The molecule has 0 spiro atoms. The fourth-order valence-corrected chi connectivity index (χ4v) is 4.70. The number of rotatable bonds is 4. The van der Waals surface area contributed by atoms with Crippen LogP contribution < -0.4 is 0 Å². The number of ketones is 1. The molecule has 1 atom stereocenters. The van der Waals surface area contributed by atoms with E-state index in [2.05, 4.69) is 4.90 Å². The Morgan fingerprint density at radius 1 is 1.11 bits per heavy atom. The van der Waals surface area contributed by atoms with Crippen LogP contribution in [0.1, 0.15) is 40.7 Å². The largest absolute Gasteiger partial charge is 0.299 e. The highest BCUT2D eigenvalue weighted by Gasteiger charge is 2.41. The molecule has 1 saturated heterocycles. The highest BCUT2D eigenvalue weighted by Crippen LogP contribution is 2.40. The smallest absolute Gasteiger partial charge is 0.166 e. The summed E-state index contributed by atoms with van der Waals surface area (Å²) in [6.45, 7) is 1.58. The van der Waals surface area contributed by atoms with Gasteiger partial charge in [0, 0.05) is 36.7 Å². The first-order chi connectivity index (χ1) is 13.3. The second-order valence-corrected chi connectivity index (χ2v) is 8.73. The van der Waals surface area contributed by atoms with Gasteiger partial charge in [-0.3, -0.25) is 9.69 Å². The molecule has 1 fully saturated rings. The van der Waals surface area contributed by atoms with E-state index in [1.54, 1.807) is 24.3 Å². The number of hydrogen-bond acceptors (Lipinski definition) is 2. The number of alkyl halides is 1. The molecule has 2 aromatic carbocycles. The molecule has 148 valence electrons. The van der Waals surface area contributed by atoms with Gasteiger partial charge in [0.25, 0.3) is 0 Å². The molecule has 0 N–H and O–H groups in total. The molecule has 0 radical (unpaired) electrons. The van der Waals surface area contributed by atoms with E-state index in [1.165, 1.54) is 6.07 Å². The Balaban J connectivity index is 1.37. The summed E-state index contributed by atoms with van der Waals surface area (Å²) in [6.07, 6.45) is 1.42. The third-order valence-corrected chi connectivity index (χ3v) is 6.69. The van der Waals surface area contributed by atoms with Crippen LogP contribution in [-0.2, 0) is 13.0 Å². The Morgan fingerprint density at radius 2 is 1.79 bits per heavy atom. The summed E-state index contributed by atoms with van der Waals surface area (Å²) in [7, 11) is 0. The molecule has 6 heteroatoms. The summed E-state index contributed by atoms with van der Waals surface area (Å²) in [5.41, 5.74) is 0.677. The van der Waals surface area contributed by atoms with E-state index in [1.807, 2.05) is 6.07 Å². The molecular weight excluding hydrogens is 403 g/mol. The maximum Gasteiger partial charge on any atom is 0.166 e. The van der Waals surface area contributed by atoms with Crippen LogP contribution >= 0.6 is 23.2 Å². The molecule has 1 heterocycles. The summed E-state index contributed by atoms with van der Waals surface area (Å²) in [5.74, 6) is -0.641. The van der Waals surface area contributed by atoms with E-state index in [4.69, 9.17) is 23.2 Å². The van der Waals surface area contributed by atoms with Crippen molar-refractivity contribution in [3.8, 4) is 0 Å². The second kappa shape index (κ2) is 7.74. The molecule has 1 aliphatic heterocycles. The predicted octanol–water partition coefficient (Wildman–Crippen LogP) is 5.88. The van der Waals surface area contributed by atoms with Gasteiger partial charge >= 0.3 is 0 Å². The molecule has 0 amide bonds. The number of likely N-dealkylation sites (tertiary alicyclic amines) is 1. The average Bonchev–Trinajstić information content (AvgIpc) is 2.94. The monoisotopic (exact) mass is 423 g/mol. The molecule has 2 aliphatic rings. The summed E-state index contributed by atoms with van der Waals surface area (Å²) < 4.78 is 29.3. The van der Waals surface area contributed by atoms with Gasteiger partial charge in [0.2, 0.25) is 0 Å². The number of piperidine rings is 1. The summed E-state index contributed by atoms with van der Waals surface area (Å²) >= 11 is 12.1. The van der Waals surface area contributed by atoms with Crippen LogP contribution in [0.4, 0.5) is 8.78 Å². The number of Topliss-reactive ketones (excluding diaryl/α,β-unsaturated/α-hetero) is 1. The van der Waals surface area contributed by atoms with Crippen molar-refractivity contribution in [2.75, 3.05) is 13.1 Å². The van der Waals surface area contributed by atoms with Crippen molar-refractivity contribution in [3.05, 3.63) is 69.0 Å². The molecule has 2 nitrogen and oxygen atoms in total. The lowest BCUT2D eigenvalue weighted by Crippen LogP contribution is -2.43. The Hall–Kier alpha value is -1.49. The van der Waals surface area contributed by atoms with Gasteiger partial charge in [-0.05, 0) is 49.4 Å². The molecule has 0 saturated carbocycles.